The van der Waals surface area contributed by atoms with Crippen LogP contribution in [0.4, 0.5) is 0 Å². The molecular formula is C19H37N. The van der Waals surface area contributed by atoms with Gasteiger partial charge in [0.1, 0.15) is 0 Å². The van der Waals surface area contributed by atoms with E-state index >= 15 is 0 Å². The fourth-order valence-electron chi connectivity index (χ4n) is 4.25. The van der Waals surface area contributed by atoms with Gasteiger partial charge in [-0.1, -0.05) is 71.1 Å². The minimum absolute atomic E-state index is 0.990. The van der Waals surface area contributed by atoms with Gasteiger partial charge in [-0.25, -0.2) is 0 Å². The van der Waals surface area contributed by atoms with Crippen LogP contribution in [0.5, 0.6) is 0 Å². The molecule has 1 heteroatoms. The van der Waals surface area contributed by atoms with Gasteiger partial charge in [0.15, 0.2) is 0 Å². The summed E-state index contributed by atoms with van der Waals surface area (Å²) in [6, 6.07) is 0. The van der Waals surface area contributed by atoms with E-state index in [0.717, 1.165) is 17.8 Å². The molecule has 0 N–H and O–H groups in total. The molecule has 2 atom stereocenters. The molecule has 0 saturated heterocycles. The lowest BCUT2D eigenvalue weighted by molar-refractivity contribution is 0.246. The van der Waals surface area contributed by atoms with Gasteiger partial charge in [-0.15, -0.1) is 0 Å². The topological polar surface area (TPSA) is 3.24 Å². The van der Waals surface area contributed by atoms with Crippen LogP contribution in [0.3, 0.4) is 0 Å². The Balaban J connectivity index is 1.55. The van der Waals surface area contributed by atoms with Crippen LogP contribution in [0, 0.1) is 17.8 Å². The minimum Gasteiger partial charge on any atom is -0.306 e. The summed E-state index contributed by atoms with van der Waals surface area (Å²) in [6.07, 6.45) is 17.9. The van der Waals surface area contributed by atoms with Crippen molar-refractivity contribution in [2.45, 2.75) is 84.0 Å². The molecule has 2 saturated carbocycles. The SMILES string of the molecule is C[C@@H]1CCC[C@H](CCN(C)CCC2CCCCC2)CC1. The predicted octanol–water partition coefficient (Wildman–Crippen LogP) is 5.50. The lowest BCUT2D eigenvalue weighted by atomic mass is 9.87. The van der Waals surface area contributed by atoms with E-state index in [4.69, 9.17) is 0 Å². The molecule has 0 spiro atoms. The second-order valence-electron chi connectivity index (χ2n) is 7.86. The molecular weight excluding hydrogens is 242 g/mol. The van der Waals surface area contributed by atoms with Crippen LogP contribution < -0.4 is 0 Å². The first kappa shape index (κ1) is 16.3. The molecule has 0 bridgehead atoms. The standard InChI is InChI=1S/C19H37N/c1-17-7-6-10-19(12-11-17)14-16-20(2)15-13-18-8-4-3-5-9-18/h17-19H,3-16H2,1-2H3/t17-,19+/m1/s1. The Labute approximate surface area is 127 Å². The first-order valence-corrected chi connectivity index (χ1v) is 9.42. The molecule has 2 aliphatic rings. The predicted molar refractivity (Wildman–Crippen MR) is 89.0 cm³/mol. The third kappa shape index (κ3) is 6.16. The Kier molecular flexibility index (Phi) is 7.41. The van der Waals surface area contributed by atoms with Crippen molar-refractivity contribution in [1.82, 2.24) is 4.90 Å². The van der Waals surface area contributed by atoms with E-state index in [2.05, 4.69) is 18.9 Å². The summed E-state index contributed by atoms with van der Waals surface area (Å²) in [5, 5.41) is 0. The molecule has 0 heterocycles. The lowest BCUT2D eigenvalue weighted by Crippen LogP contribution is -2.25. The van der Waals surface area contributed by atoms with E-state index in [1.54, 1.807) is 0 Å². The maximum atomic E-state index is 2.61. The van der Waals surface area contributed by atoms with Crippen LogP contribution in [-0.2, 0) is 0 Å². The summed E-state index contributed by atoms with van der Waals surface area (Å²) >= 11 is 0. The van der Waals surface area contributed by atoms with Gasteiger partial charge < -0.3 is 4.90 Å². The maximum absolute atomic E-state index is 2.61. The maximum Gasteiger partial charge on any atom is -0.00191 e. The van der Waals surface area contributed by atoms with E-state index in [-0.39, 0.29) is 0 Å². The zero-order valence-electron chi connectivity index (χ0n) is 14.1. The van der Waals surface area contributed by atoms with Gasteiger partial charge in [0, 0.05) is 0 Å². The largest absolute Gasteiger partial charge is 0.306 e. The number of rotatable bonds is 6. The Morgan fingerprint density at radius 3 is 2.00 bits per heavy atom. The van der Waals surface area contributed by atoms with Gasteiger partial charge in [-0.3, -0.25) is 0 Å². The van der Waals surface area contributed by atoms with Crippen molar-refractivity contribution in [3.05, 3.63) is 0 Å². The summed E-state index contributed by atoms with van der Waals surface area (Å²) in [5.74, 6) is 3.06. The third-order valence-electron chi connectivity index (χ3n) is 5.94. The van der Waals surface area contributed by atoms with Crippen LogP contribution in [-0.4, -0.2) is 25.0 Å². The van der Waals surface area contributed by atoms with Gasteiger partial charge in [-0.2, -0.15) is 0 Å². The van der Waals surface area contributed by atoms with Crippen molar-refractivity contribution < 1.29 is 0 Å². The molecule has 118 valence electrons. The molecule has 0 aliphatic heterocycles. The van der Waals surface area contributed by atoms with Crippen molar-refractivity contribution in [3.8, 4) is 0 Å². The van der Waals surface area contributed by atoms with Crippen LogP contribution in [0.2, 0.25) is 0 Å². The van der Waals surface area contributed by atoms with Crippen molar-refractivity contribution in [3.63, 3.8) is 0 Å². The third-order valence-corrected chi connectivity index (χ3v) is 5.94. The molecule has 0 radical (unpaired) electrons. The van der Waals surface area contributed by atoms with E-state index in [9.17, 15) is 0 Å². The minimum atomic E-state index is 0.990. The number of hydrogen-bond donors (Lipinski definition) is 0. The van der Waals surface area contributed by atoms with E-state index < -0.39 is 0 Å². The lowest BCUT2D eigenvalue weighted by Gasteiger charge is -2.25. The van der Waals surface area contributed by atoms with E-state index in [0.29, 0.717) is 0 Å². The number of hydrogen-bond acceptors (Lipinski definition) is 1. The fraction of sp³-hybridized carbons (Fsp3) is 1.00. The van der Waals surface area contributed by atoms with E-state index in [1.807, 2.05) is 0 Å². The van der Waals surface area contributed by atoms with Crippen molar-refractivity contribution in [2.75, 3.05) is 20.1 Å². The van der Waals surface area contributed by atoms with Crippen molar-refractivity contribution >= 4 is 0 Å². The van der Waals surface area contributed by atoms with Crippen LogP contribution in [0.15, 0.2) is 0 Å². The fourth-order valence-corrected chi connectivity index (χ4v) is 4.25. The van der Waals surface area contributed by atoms with Gasteiger partial charge >= 0.3 is 0 Å². The molecule has 0 aromatic heterocycles. The summed E-state index contributed by atoms with van der Waals surface area (Å²) < 4.78 is 0. The highest BCUT2D eigenvalue weighted by molar-refractivity contribution is 4.71. The van der Waals surface area contributed by atoms with Crippen LogP contribution in [0.25, 0.3) is 0 Å². The smallest absolute Gasteiger partial charge is 0.00191 e. The molecule has 1 nitrogen and oxygen atoms in total. The monoisotopic (exact) mass is 279 g/mol. The highest BCUT2D eigenvalue weighted by Gasteiger charge is 2.17. The molecule has 0 unspecified atom stereocenters. The molecule has 2 rings (SSSR count). The average Bonchev–Trinajstić information content (AvgIpc) is 2.68. The summed E-state index contributed by atoms with van der Waals surface area (Å²) in [5.41, 5.74) is 0. The molecule has 0 amide bonds. The Bertz CT molecular complexity index is 244. The molecule has 20 heavy (non-hydrogen) atoms. The van der Waals surface area contributed by atoms with Gasteiger partial charge in [0.2, 0.25) is 0 Å². The van der Waals surface area contributed by atoms with Gasteiger partial charge in [0.05, 0.1) is 0 Å². The quantitative estimate of drug-likeness (QED) is 0.581. The number of nitrogens with zero attached hydrogens (tertiary/aromatic N) is 1. The Morgan fingerprint density at radius 2 is 1.30 bits per heavy atom. The summed E-state index contributed by atoms with van der Waals surface area (Å²) in [7, 11) is 2.35. The Hall–Kier alpha value is -0.0400. The first-order chi connectivity index (χ1) is 9.74. The van der Waals surface area contributed by atoms with Gasteiger partial charge in [0.25, 0.3) is 0 Å². The second kappa shape index (κ2) is 9.07. The highest BCUT2D eigenvalue weighted by Crippen LogP contribution is 2.29. The molecule has 0 aromatic rings. The van der Waals surface area contributed by atoms with E-state index in [1.165, 1.54) is 90.1 Å². The molecule has 2 fully saturated rings. The summed E-state index contributed by atoms with van der Waals surface area (Å²) in [6.45, 7) is 5.12. The summed E-state index contributed by atoms with van der Waals surface area (Å²) in [4.78, 5) is 2.61. The molecule has 2 aliphatic carbocycles. The first-order valence-electron chi connectivity index (χ1n) is 9.42. The normalized spacial score (nSPS) is 29.6. The zero-order chi connectivity index (χ0) is 14.2. The average molecular weight is 280 g/mol. The van der Waals surface area contributed by atoms with Crippen molar-refractivity contribution in [1.29, 1.82) is 0 Å². The highest BCUT2D eigenvalue weighted by atomic mass is 15.1. The van der Waals surface area contributed by atoms with Crippen LogP contribution in [0.1, 0.15) is 84.0 Å². The van der Waals surface area contributed by atoms with Gasteiger partial charge in [-0.05, 0) is 50.7 Å². The molecule has 0 aromatic carbocycles. The second-order valence-corrected chi connectivity index (χ2v) is 7.86. The van der Waals surface area contributed by atoms with Crippen molar-refractivity contribution in [2.24, 2.45) is 17.8 Å². The zero-order valence-corrected chi connectivity index (χ0v) is 14.1. The Morgan fingerprint density at radius 1 is 0.700 bits per heavy atom. The van der Waals surface area contributed by atoms with Crippen LogP contribution >= 0.6 is 0 Å².